The Bertz CT molecular complexity index is 1090. The first kappa shape index (κ1) is 15.7. The van der Waals surface area contributed by atoms with E-state index in [1.165, 1.54) is 23.0 Å². The van der Waals surface area contributed by atoms with Crippen LogP contribution in [0.3, 0.4) is 0 Å². The van der Waals surface area contributed by atoms with Crippen LogP contribution in [0.15, 0.2) is 58.5 Å². The van der Waals surface area contributed by atoms with E-state index in [4.69, 9.17) is 6.57 Å². The minimum atomic E-state index is -3.34. The summed E-state index contributed by atoms with van der Waals surface area (Å²) in [6.45, 7) is 6.94. The van der Waals surface area contributed by atoms with Crippen molar-refractivity contribution >= 4 is 15.5 Å². The zero-order chi connectivity index (χ0) is 17.3. The number of hydrogen-bond acceptors (Lipinski definition) is 4. The number of pyridine rings is 1. The number of hydrogen-bond donors (Lipinski definition) is 1. The number of benzene rings is 1. The molecule has 1 N–H and O–H groups in total. The molecule has 1 aromatic carbocycles. The molecule has 0 saturated carbocycles. The van der Waals surface area contributed by atoms with Gasteiger partial charge in [-0.25, -0.2) is 22.9 Å². The maximum absolute atomic E-state index is 12.5. The van der Waals surface area contributed by atoms with Gasteiger partial charge in [-0.15, -0.1) is 0 Å². The van der Waals surface area contributed by atoms with Gasteiger partial charge in [-0.05, 0) is 17.7 Å². The monoisotopic (exact) mass is 340 g/mol. The number of aromatic amines is 1. The van der Waals surface area contributed by atoms with Crippen LogP contribution in [0.1, 0.15) is 0 Å². The molecule has 0 amide bonds. The lowest BCUT2D eigenvalue weighted by molar-refractivity contribution is 0.601. The molecule has 7 nitrogen and oxygen atoms in total. The lowest BCUT2D eigenvalue weighted by atomic mass is 10.1. The van der Waals surface area contributed by atoms with Crippen LogP contribution in [0.2, 0.25) is 0 Å². The number of aromatic nitrogens is 3. The molecule has 3 rings (SSSR count). The second-order valence-electron chi connectivity index (χ2n) is 5.11. The van der Waals surface area contributed by atoms with E-state index in [9.17, 15) is 13.2 Å². The van der Waals surface area contributed by atoms with Crippen LogP contribution >= 0.6 is 0 Å². The SMILES string of the molecule is [C-]#[N+]c1ccc(-c2c[nH]n(-c3ccc(S(C)(=O)=O)cn3)c2=O)cc1. The van der Waals surface area contributed by atoms with Gasteiger partial charge in [-0.1, -0.05) is 24.3 Å². The van der Waals surface area contributed by atoms with E-state index < -0.39 is 9.84 Å². The number of nitrogens with one attached hydrogen (secondary N) is 1. The molecule has 0 spiro atoms. The van der Waals surface area contributed by atoms with Crippen LogP contribution in [-0.2, 0) is 9.84 Å². The van der Waals surface area contributed by atoms with Gasteiger partial charge in [0.15, 0.2) is 21.3 Å². The predicted molar refractivity (Wildman–Crippen MR) is 89.0 cm³/mol. The largest absolute Gasteiger partial charge is 0.296 e. The molecule has 3 aromatic rings. The van der Waals surface area contributed by atoms with E-state index in [0.29, 0.717) is 16.8 Å². The number of sulfone groups is 1. The van der Waals surface area contributed by atoms with Gasteiger partial charge in [-0.2, -0.15) is 0 Å². The second kappa shape index (κ2) is 5.79. The van der Waals surface area contributed by atoms with Gasteiger partial charge in [0.05, 0.1) is 17.0 Å². The highest BCUT2D eigenvalue weighted by Gasteiger charge is 2.12. The van der Waals surface area contributed by atoms with Gasteiger partial charge in [0.2, 0.25) is 0 Å². The van der Waals surface area contributed by atoms with Crippen molar-refractivity contribution in [3.05, 3.63) is 70.6 Å². The first-order valence-electron chi connectivity index (χ1n) is 6.85. The normalized spacial score (nSPS) is 11.2. The maximum atomic E-state index is 12.5. The molecule has 0 aliphatic rings. The van der Waals surface area contributed by atoms with Gasteiger partial charge < -0.3 is 0 Å². The fourth-order valence-corrected chi connectivity index (χ4v) is 2.75. The summed E-state index contributed by atoms with van der Waals surface area (Å²) < 4.78 is 24.1. The van der Waals surface area contributed by atoms with E-state index in [-0.39, 0.29) is 16.3 Å². The van der Waals surface area contributed by atoms with Crippen LogP contribution in [0.5, 0.6) is 0 Å². The molecule has 120 valence electrons. The second-order valence-corrected chi connectivity index (χ2v) is 7.13. The number of H-pyrrole nitrogens is 1. The molecule has 0 saturated heterocycles. The third-order valence-corrected chi connectivity index (χ3v) is 4.55. The highest BCUT2D eigenvalue weighted by molar-refractivity contribution is 7.90. The Kier molecular flexibility index (Phi) is 3.79. The Morgan fingerprint density at radius 2 is 1.88 bits per heavy atom. The third-order valence-electron chi connectivity index (χ3n) is 3.46. The molecule has 0 aliphatic carbocycles. The fourth-order valence-electron chi connectivity index (χ4n) is 2.19. The molecule has 2 heterocycles. The van der Waals surface area contributed by atoms with Crippen molar-refractivity contribution in [2.24, 2.45) is 0 Å². The molecule has 0 fully saturated rings. The van der Waals surface area contributed by atoms with Crippen LogP contribution in [0.25, 0.3) is 21.8 Å². The van der Waals surface area contributed by atoms with Crippen LogP contribution in [-0.4, -0.2) is 29.4 Å². The average Bonchev–Trinajstić information content (AvgIpc) is 2.96. The number of nitrogens with zero attached hydrogens (tertiary/aromatic N) is 3. The first-order chi connectivity index (χ1) is 11.4. The van der Waals surface area contributed by atoms with Crippen molar-refractivity contribution in [2.75, 3.05) is 6.26 Å². The Morgan fingerprint density at radius 1 is 1.17 bits per heavy atom. The Labute approximate surface area is 137 Å². The Morgan fingerprint density at radius 3 is 2.42 bits per heavy atom. The van der Waals surface area contributed by atoms with Crippen molar-refractivity contribution in [2.45, 2.75) is 4.90 Å². The summed E-state index contributed by atoms with van der Waals surface area (Å²) in [4.78, 5) is 19.9. The fraction of sp³-hybridized carbons (Fsp3) is 0.0625. The number of rotatable bonds is 3. The minimum absolute atomic E-state index is 0.0841. The zero-order valence-electron chi connectivity index (χ0n) is 12.6. The van der Waals surface area contributed by atoms with Crippen molar-refractivity contribution in [3.8, 4) is 16.9 Å². The van der Waals surface area contributed by atoms with E-state index in [1.807, 2.05) is 0 Å². The topological polar surface area (TPSA) is 89.2 Å². The van der Waals surface area contributed by atoms with Crippen molar-refractivity contribution in [1.82, 2.24) is 14.8 Å². The highest BCUT2D eigenvalue weighted by Crippen LogP contribution is 2.20. The van der Waals surface area contributed by atoms with E-state index in [0.717, 1.165) is 6.26 Å². The summed E-state index contributed by atoms with van der Waals surface area (Å²) in [7, 11) is -3.34. The Balaban J connectivity index is 2.01. The summed E-state index contributed by atoms with van der Waals surface area (Å²) in [5, 5.41) is 2.81. The molecular weight excluding hydrogens is 328 g/mol. The molecule has 8 heteroatoms. The van der Waals surface area contributed by atoms with Crippen LogP contribution < -0.4 is 5.56 Å². The van der Waals surface area contributed by atoms with Gasteiger partial charge in [0.1, 0.15) is 0 Å². The first-order valence-corrected chi connectivity index (χ1v) is 8.74. The lowest BCUT2D eigenvalue weighted by Gasteiger charge is -2.02. The molecule has 0 bridgehead atoms. The molecule has 0 atom stereocenters. The quantitative estimate of drug-likeness (QED) is 0.740. The van der Waals surface area contributed by atoms with Gasteiger partial charge >= 0.3 is 0 Å². The van der Waals surface area contributed by atoms with E-state index in [1.54, 1.807) is 30.5 Å². The van der Waals surface area contributed by atoms with E-state index in [2.05, 4.69) is 14.9 Å². The lowest BCUT2D eigenvalue weighted by Crippen LogP contribution is -2.17. The van der Waals surface area contributed by atoms with Gasteiger partial charge in [-0.3, -0.25) is 9.89 Å². The summed E-state index contributed by atoms with van der Waals surface area (Å²) in [6.07, 6.45) is 3.85. The van der Waals surface area contributed by atoms with Gasteiger partial charge in [0.25, 0.3) is 5.56 Å². The summed E-state index contributed by atoms with van der Waals surface area (Å²) in [5.74, 6) is 0.288. The van der Waals surface area contributed by atoms with Crippen molar-refractivity contribution in [3.63, 3.8) is 0 Å². The maximum Gasteiger partial charge on any atom is 0.280 e. The third kappa shape index (κ3) is 2.85. The molecule has 0 radical (unpaired) electrons. The summed E-state index contributed by atoms with van der Waals surface area (Å²) >= 11 is 0. The smallest absolute Gasteiger partial charge is 0.280 e. The summed E-state index contributed by atoms with van der Waals surface area (Å²) in [5.41, 5.74) is 1.29. The molecule has 24 heavy (non-hydrogen) atoms. The average molecular weight is 340 g/mol. The van der Waals surface area contributed by atoms with Crippen molar-refractivity contribution in [1.29, 1.82) is 0 Å². The standard InChI is InChI=1S/C16H12N4O3S/c1-17-12-5-3-11(4-6-12)14-10-19-20(16(14)21)15-8-7-13(9-18-15)24(2,22)23/h3-10,19H,2H3. The highest BCUT2D eigenvalue weighted by atomic mass is 32.2. The molecular formula is C16H12N4O3S. The van der Waals surface area contributed by atoms with Gasteiger partial charge in [0, 0.05) is 18.6 Å². The minimum Gasteiger partial charge on any atom is -0.296 e. The predicted octanol–water partition coefficient (Wildman–Crippen LogP) is 2.18. The molecule has 0 aliphatic heterocycles. The van der Waals surface area contributed by atoms with Crippen LogP contribution in [0.4, 0.5) is 5.69 Å². The Hall–Kier alpha value is -3.18. The van der Waals surface area contributed by atoms with Crippen LogP contribution in [0, 0.1) is 6.57 Å². The molecule has 2 aromatic heterocycles. The summed E-state index contributed by atoms with van der Waals surface area (Å²) in [6, 6.07) is 9.52. The van der Waals surface area contributed by atoms with E-state index >= 15 is 0 Å². The van der Waals surface area contributed by atoms with Crippen molar-refractivity contribution < 1.29 is 8.42 Å². The zero-order valence-corrected chi connectivity index (χ0v) is 13.4. The molecule has 0 unspecified atom stereocenters.